The average Bonchev–Trinajstić information content (AvgIpc) is 3.05. The Hall–Kier alpha value is -1.92. The van der Waals surface area contributed by atoms with E-state index >= 15 is 0 Å². The summed E-state index contributed by atoms with van der Waals surface area (Å²) >= 11 is 0. The van der Waals surface area contributed by atoms with Gasteiger partial charge in [-0.05, 0) is 30.7 Å². The zero-order valence-electron chi connectivity index (χ0n) is 12.9. The van der Waals surface area contributed by atoms with Gasteiger partial charge in [0.05, 0.1) is 26.5 Å². The zero-order valence-corrected chi connectivity index (χ0v) is 12.9. The molecule has 2 aromatic rings. The van der Waals surface area contributed by atoms with Gasteiger partial charge in [0.25, 0.3) is 0 Å². The predicted octanol–water partition coefficient (Wildman–Crippen LogP) is 1.68. The molecule has 1 aromatic carbocycles. The Morgan fingerprint density at radius 2 is 1.91 bits per heavy atom. The number of aromatic nitrogens is 3. The van der Waals surface area contributed by atoms with Crippen LogP contribution in [0, 0.1) is 0 Å². The Kier molecular flexibility index (Phi) is 5.03. The number of rotatable bonds is 6. The summed E-state index contributed by atoms with van der Waals surface area (Å²) in [5.74, 6) is 0.849. The van der Waals surface area contributed by atoms with Gasteiger partial charge in [-0.1, -0.05) is 5.21 Å². The van der Waals surface area contributed by atoms with Crippen molar-refractivity contribution in [3.8, 4) is 17.0 Å². The van der Waals surface area contributed by atoms with Crippen LogP contribution in [0.3, 0.4) is 0 Å². The smallest absolute Gasteiger partial charge is 0.118 e. The summed E-state index contributed by atoms with van der Waals surface area (Å²) in [6.07, 6.45) is 3.08. The monoisotopic (exact) mass is 302 g/mol. The molecule has 2 heterocycles. The Balaban J connectivity index is 1.51. The van der Waals surface area contributed by atoms with E-state index in [1.54, 1.807) is 7.11 Å². The Bertz CT molecular complexity index is 576. The van der Waals surface area contributed by atoms with Crippen LogP contribution in [0.2, 0.25) is 0 Å². The lowest BCUT2D eigenvalue weighted by Gasteiger charge is -2.26. The number of morpholine rings is 1. The van der Waals surface area contributed by atoms with E-state index in [1.807, 2.05) is 35.1 Å². The maximum absolute atomic E-state index is 5.35. The summed E-state index contributed by atoms with van der Waals surface area (Å²) in [5, 5.41) is 8.46. The molecule has 0 saturated carbocycles. The van der Waals surface area contributed by atoms with Crippen molar-refractivity contribution in [2.75, 3.05) is 40.0 Å². The summed E-state index contributed by atoms with van der Waals surface area (Å²) in [6.45, 7) is 5.75. The minimum absolute atomic E-state index is 0.849. The molecule has 0 radical (unpaired) electrons. The lowest BCUT2D eigenvalue weighted by Crippen LogP contribution is -2.37. The molecule has 1 saturated heterocycles. The van der Waals surface area contributed by atoms with E-state index < -0.39 is 0 Å². The second kappa shape index (κ2) is 7.38. The molecule has 1 fully saturated rings. The second-order valence-electron chi connectivity index (χ2n) is 5.40. The van der Waals surface area contributed by atoms with Crippen LogP contribution in [-0.2, 0) is 11.3 Å². The number of ether oxygens (including phenoxy) is 2. The van der Waals surface area contributed by atoms with Gasteiger partial charge in [0.15, 0.2) is 0 Å². The third-order valence-electron chi connectivity index (χ3n) is 3.89. The van der Waals surface area contributed by atoms with Crippen LogP contribution in [0.1, 0.15) is 6.42 Å². The van der Waals surface area contributed by atoms with Crippen molar-refractivity contribution in [1.29, 1.82) is 0 Å². The van der Waals surface area contributed by atoms with Gasteiger partial charge in [-0.3, -0.25) is 9.58 Å². The van der Waals surface area contributed by atoms with Crippen LogP contribution in [0.25, 0.3) is 11.3 Å². The number of aryl methyl sites for hydroxylation is 1. The normalized spacial score (nSPS) is 15.9. The molecular formula is C16H22N4O2. The number of nitrogens with zero attached hydrogens (tertiary/aromatic N) is 4. The molecule has 0 spiro atoms. The van der Waals surface area contributed by atoms with E-state index in [0.717, 1.165) is 62.8 Å². The topological polar surface area (TPSA) is 52.4 Å². The molecule has 0 amide bonds. The second-order valence-corrected chi connectivity index (χ2v) is 5.40. The van der Waals surface area contributed by atoms with Crippen LogP contribution in [-0.4, -0.2) is 59.9 Å². The maximum Gasteiger partial charge on any atom is 0.118 e. The van der Waals surface area contributed by atoms with Gasteiger partial charge in [0, 0.05) is 31.7 Å². The molecular weight excluding hydrogens is 280 g/mol. The third-order valence-corrected chi connectivity index (χ3v) is 3.89. The standard InChI is InChI=1S/C16H22N4O2/c1-21-15-5-3-14(4-6-15)16-13-20(18-17-16)8-2-7-19-9-11-22-12-10-19/h3-6,13H,2,7-12H2,1H3. The summed E-state index contributed by atoms with van der Waals surface area (Å²) in [7, 11) is 1.67. The molecule has 0 aliphatic carbocycles. The molecule has 0 unspecified atom stereocenters. The Morgan fingerprint density at radius 1 is 1.14 bits per heavy atom. The van der Waals surface area contributed by atoms with Gasteiger partial charge < -0.3 is 9.47 Å². The molecule has 0 atom stereocenters. The Labute approximate surface area is 130 Å². The summed E-state index contributed by atoms with van der Waals surface area (Å²) in [6, 6.07) is 7.88. The predicted molar refractivity (Wildman–Crippen MR) is 83.9 cm³/mol. The van der Waals surface area contributed by atoms with Crippen molar-refractivity contribution in [3.63, 3.8) is 0 Å². The molecule has 22 heavy (non-hydrogen) atoms. The molecule has 3 rings (SSSR count). The highest BCUT2D eigenvalue weighted by Crippen LogP contribution is 2.19. The van der Waals surface area contributed by atoms with Crippen LogP contribution in [0.15, 0.2) is 30.5 Å². The van der Waals surface area contributed by atoms with Crippen LogP contribution in [0.5, 0.6) is 5.75 Å². The van der Waals surface area contributed by atoms with Gasteiger partial charge in [0.1, 0.15) is 11.4 Å². The highest BCUT2D eigenvalue weighted by Gasteiger charge is 2.10. The highest BCUT2D eigenvalue weighted by atomic mass is 16.5. The number of methoxy groups -OCH3 is 1. The van der Waals surface area contributed by atoms with Crippen LogP contribution in [0.4, 0.5) is 0 Å². The lowest BCUT2D eigenvalue weighted by atomic mass is 10.2. The van der Waals surface area contributed by atoms with Crippen LogP contribution < -0.4 is 4.74 Å². The minimum atomic E-state index is 0.849. The van der Waals surface area contributed by atoms with Crippen molar-refractivity contribution in [3.05, 3.63) is 30.5 Å². The molecule has 1 aliphatic rings. The van der Waals surface area contributed by atoms with E-state index in [9.17, 15) is 0 Å². The average molecular weight is 302 g/mol. The van der Waals surface area contributed by atoms with E-state index in [-0.39, 0.29) is 0 Å². The number of hydrogen-bond donors (Lipinski definition) is 0. The number of benzene rings is 1. The van der Waals surface area contributed by atoms with Gasteiger partial charge in [-0.25, -0.2) is 0 Å². The fourth-order valence-corrected chi connectivity index (χ4v) is 2.58. The molecule has 1 aromatic heterocycles. The zero-order chi connectivity index (χ0) is 15.2. The van der Waals surface area contributed by atoms with Crippen molar-refractivity contribution >= 4 is 0 Å². The lowest BCUT2D eigenvalue weighted by molar-refractivity contribution is 0.0368. The first-order valence-corrected chi connectivity index (χ1v) is 7.70. The third kappa shape index (κ3) is 3.84. The largest absolute Gasteiger partial charge is 0.497 e. The molecule has 0 N–H and O–H groups in total. The number of hydrogen-bond acceptors (Lipinski definition) is 5. The minimum Gasteiger partial charge on any atom is -0.497 e. The first kappa shape index (κ1) is 15.0. The fraction of sp³-hybridized carbons (Fsp3) is 0.500. The summed E-state index contributed by atoms with van der Waals surface area (Å²) in [5.41, 5.74) is 1.95. The van der Waals surface area contributed by atoms with Gasteiger partial charge in [-0.2, -0.15) is 0 Å². The molecule has 1 aliphatic heterocycles. The molecule has 118 valence electrons. The first-order chi connectivity index (χ1) is 10.8. The van der Waals surface area contributed by atoms with Gasteiger partial charge in [0.2, 0.25) is 0 Å². The molecule has 6 heteroatoms. The van der Waals surface area contributed by atoms with Crippen LogP contribution >= 0.6 is 0 Å². The quantitative estimate of drug-likeness (QED) is 0.812. The fourth-order valence-electron chi connectivity index (χ4n) is 2.58. The SMILES string of the molecule is COc1ccc(-c2cn(CCCN3CCOCC3)nn2)cc1. The first-order valence-electron chi connectivity index (χ1n) is 7.70. The highest BCUT2D eigenvalue weighted by molar-refractivity contribution is 5.58. The van der Waals surface area contributed by atoms with Crippen molar-refractivity contribution in [2.45, 2.75) is 13.0 Å². The molecule has 6 nitrogen and oxygen atoms in total. The Morgan fingerprint density at radius 3 is 2.64 bits per heavy atom. The maximum atomic E-state index is 5.35. The van der Waals surface area contributed by atoms with Gasteiger partial charge >= 0.3 is 0 Å². The van der Waals surface area contributed by atoms with E-state index in [0.29, 0.717) is 0 Å². The van der Waals surface area contributed by atoms with E-state index in [2.05, 4.69) is 15.2 Å². The van der Waals surface area contributed by atoms with Crippen molar-refractivity contribution in [1.82, 2.24) is 19.9 Å². The van der Waals surface area contributed by atoms with Crippen molar-refractivity contribution in [2.24, 2.45) is 0 Å². The van der Waals surface area contributed by atoms with E-state index in [4.69, 9.17) is 9.47 Å². The van der Waals surface area contributed by atoms with Gasteiger partial charge in [-0.15, -0.1) is 5.10 Å². The van der Waals surface area contributed by atoms with Crippen molar-refractivity contribution < 1.29 is 9.47 Å². The summed E-state index contributed by atoms with van der Waals surface area (Å²) in [4.78, 5) is 2.44. The van der Waals surface area contributed by atoms with E-state index in [1.165, 1.54) is 0 Å². The summed E-state index contributed by atoms with van der Waals surface area (Å²) < 4.78 is 12.4. The molecule has 0 bridgehead atoms.